The third-order valence-electron chi connectivity index (χ3n) is 4.63. The Morgan fingerprint density at radius 1 is 1.19 bits per heavy atom. The molecule has 1 aliphatic rings. The molecular weight excluding hydrogens is 330 g/mol. The molecule has 0 aliphatic carbocycles. The molecule has 6 nitrogen and oxygen atoms in total. The topological polar surface area (TPSA) is 75.4 Å². The lowest BCUT2D eigenvalue weighted by Crippen LogP contribution is -2.38. The third kappa shape index (κ3) is 3.18. The number of furan rings is 1. The van der Waals surface area contributed by atoms with E-state index in [1.807, 2.05) is 25.1 Å². The summed E-state index contributed by atoms with van der Waals surface area (Å²) in [6, 6.07) is 10.9. The number of rotatable bonds is 3. The number of aryl methyl sites for hydroxylation is 1. The quantitative estimate of drug-likeness (QED) is 0.789. The maximum atomic E-state index is 12.5. The summed E-state index contributed by atoms with van der Waals surface area (Å²) in [5.41, 5.74) is 2.42. The number of amides is 2. The number of aromatic nitrogens is 1. The zero-order valence-electron chi connectivity index (χ0n) is 14.4. The van der Waals surface area contributed by atoms with Crippen molar-refractivity contribution in [3.05, 3.63) is 65.7 Å². The fourth-order valence-corrected chi connectivity index (χ4v) is 3.27. The lowest BCUT2D eigenvalue weighted by molar-refractivity contribution is 0.0781. The monoisotopic (exact) mass is 349 g/mol. The van der Waals surface area contributed by atoms with E-state index in [-0.39, 0.29) is 17.9 Å². The summed E-state index contributed by atoms with van der Waals surface area (Å²) in [5.74, 6) is 0.00920. The average Bonchev–Trinajstić information content (AvgIpc) is 3.28. The molecule has 0 radical (unpaired) electrons. The van der Waals surface area contributed by atoms with Gasteiger partial charge in [-0.15, -0.1) is 0 Å². The van der Waals surface area contributed by atoms with Gasteiger partial charge >= 0.3 is 0 Å². The van der Waals surface area contributed by atoms with Gasteiger partial charge in [-0.25, -0.2) is 0 Å². The highest BCUT2D eigenvalue weighted by atomic mass is 16.3. The van der Waals surface area contributed by atoms with Gasteiger partial charge < -0.3 is 14.6 Å². The summed E-state index contributed by atoms with van der Waals surface area (Å²) in [4.78, 5) is 30.6. The minimum Gasteiger partial charge on any atom is -0.451 e. The Labute approximate surface area is 150 Å². The Hall–Kier alpha value is -3.15. The number of hydrogen-bond donors (Lipinski definition) is 1. The second kappa shape index (κ2) is 6.63. The number of carbonyl (C=O) groups is 2. The van der Waals surface area contributed by atoms with E-state index in [0.29, 0.717) is 30.0 Å². The molecule has 0 spiro atoms. The standard InChI is InChI=1S/C20H19N3O3/c1-13-2-3-17-15(10-13)11-18(26-17)19(24)22-16-6-9-23(12-16)20(25)14-4-7-21-8-5-14/h2-5,7-8,10-11,16H,6,9,12H2,1H3,(H,22,24)/t16-/m1/s1. The Morgan fingerprint density at radius 2 is 2.00 bits per heavy atom. The molecule has 2 aromatic heterocycles. The van der Waals surface area contributed by atoms with E-state index in [1.165, 1.54) is 0 Å². The third-order valence-corrected chi connectivity index (χ3v) is 4.63. The number of benzene rings is 1. The minimum atomic E-state index is -0.248. The van der Waals surface area contributed by atoms with E-state index in [2.05, 4.69) is 10.3 Å². The van der Waals surface area contributed by atoms with Gasteiger partial charge in [0, 0.05) is 42.5 Å². The molecule has 0 unspecified atom stereocenters. The molecule has 3 heterocycles. The van der Waals surface area contributed by atoms with Crippen LogP contribution in [0.5, 0.6) is 0 Å². The highest BCUT2D eigenvalue weighted by Gasteiger charge is 2.28. The van der Waals surface area contributed by atoms with Crippen LogP contribution in [0.2, 0.25) is 0 Å². The SMILES string of the molecule is Cc1ccc2oc(C(=O)N[C@@H]3CCN(C(=O)c4ccncc4)C3)cc2c1. The van der Waals surface area contributed by atoms with Crippen LogP contribution < -0.4 is 5.32 Å². The van der Waals surface area contributed by atoms with E-state index in [9.17, 15) is 9.59 Å². The van der Waals surface area contributed by atoms with Gasteiger partial charge in [-0.1, -0.05) is 11.6 Å². The Morgan fingerprint density at radius 3 is 2.81 bits per heavy atom. The van der Waals surface area contributed by atoms with Crippen molar-refractivity contribution in [2.45, 2.75) is 19.4 Å². The second-order valence-electron chi connectivity index (χ2n) is 6.60. The fourth-order valence-electron chi connectivity index (χ4n) is 3.27. The summed E-state index contributed by atoms with van der Waals surface area (Å²) < 4.78 is 5.64. The van der Waals surface area contributed by atoms with Crippen LogP contribution in [0.1, 0.15) is 32.9 Å². The summed E-state index contributed by atoms with van der Waals surface area (Å²) in [6.07, 6.45) is 3.93. The number of pyridine rings is 1. The molecule has 0 bridgehead atoms. The molecule has 132 valence electrons. The molecule has 3 aromatic rings. The van der Waals surface area contributed by atoms with Crippen LogP contribution in [0.15, 0.2) is 53.2 Å². The van der Waals surface area contributed by atoms with Gasteiger partial charge in [0.05, 0.1) is 0 Å². The number of nitrogens with zero attached hydrogens (tertiary/aromatic N) is 2. The number of carbonyl (C=O) groups excluding carboxylic acids is 2. The summed E-state index contributed by atoms with van der Waals surface area (Å²) in [5, 5.41) is 3.88. The van der Waals surface area contributed by atoms with Gasteiger partial charge in [-0.3, -0.25) is 14.6 Å². The van der Waals surface area contributed by atoms with Crippen LogP contribution >= 0.6 is 0 Å². The van der Waals surface area contributed by atoms with Gasteiger partial charge in [0.15, 0.2) is 5.76 Å². The average molecular weight is 349 g/mol. The Bertz CT molecular complexity index is 965. The molecule has 1 saturated heterocycles. The van der Waals surface area contributed by atoms with Gasteiger partial charge in [0.2, 0.25) is 0 Å². The van der Waals surface area contributed by atoms with Gasteiger partial charge in [0.1, 0.15) is 5.58 Å². The Balaban J connectivity index is 1.41. The maximum Gasteiger partial charge on any atom is 0.287 e. The van der Waals surface area contributed by atoms with Crippen molar-refractivity contribution in [1.29, 1.82) is 0 Å². The summed E-state index contributed by atoms with van der Waals surface area (Å²) >= 11 is 0. The van der Waals surface area contributed by atoms with Gasteiger partial charge in [-0.05, 0) is 43.7 Å². The van der Waals surface area contributed by atoms with Crippen molar-refractivity contribution < 1.29 is 14.0 Å². The predicted molar refractivity (Wildman–Crippen MR) is 97.0 cm³/mol. The Kier molecular flexibility index (Phi) is 4.16. The van der Waals surface area contributed by atoms with E-state index < -0.39 is 0 Å². The molecular formula is C20H19N3O3. The zero-order chi connectivity index (χ0) is 18.1. The fraction of sp³-hybridized carbons (Fsp3) is 0.250. The van der Waals surface area contributed by atoms with Crippen LogP contribution in [0, 0.1) is 6.92 Å². The highest BCUT2D eigenvalue weighted by molar-refractivity contribution is 5.97. The largest absolute Gasteiger partial charge is 0.451 e. The van der Waals surface area contributed by atoms with Crippen molar-refractivity contribution in [3.8, 4) is 0 Å². The molecule has 1 N–H and O–H groups in total. The van der Waals surface area contributed by atoms with Crippen LogP contribution in [0.4, 0.5) is 0 Å². The first kappa shape index (κ1) is 16.3. The van der Waals surface area contributed by atoms with Crippen molar-refractivity contribution in [1.82, 2.24) is 15.2 Å². The van der Waals surface area contributed by atoms with Crippen LogP contribution in [-0.2, 0) is 0 Å². The van der Waals surface area contributed by atoms with Crippen molar-refractivity contribution in [2.24, 2.45) is 0 Å². The molecule has 1 aliphatic heterocycles. The first-order chi connectivity index (χ1) is 12.6. The van der Waals surface area contributed by atoms with Crippen molar-refractivity contribution in [3.63, 3.8) is 0 Å². The molecule has 4 rings (SSSR count). The van der Waals surface area contributed by atoms with Crippen LogP contribution in [0.3, 0.4) is 0 Å². The van der Waals surface area contributed by atoms with Gasteiger partial charge in [0.25, 0.3) is 11.8 Å². The van der Waals surface area contributed by atoms with Crippen molar-refractivity contribution in [2.75, 3.05) is 13.1 Å². The minimum absolute atomic E-state index is 0.0386. The summed E-state index contributed by atoms with van der Waals surface area (Å²) in [6.45, 7) is 3.11. The lowest BCUT2D eigenvalue weighted by atomic mass is 10.2. The first-order valence-electron chi connectivity index (χ1n) is 8.60. The number of nitrogens with one attached hydrogen (secondary N) is 1. The zero-order valence-corrected chi connectivity index (χ0v) is 14.4. The molecule has 0 saturated carbocycles. The van der Waals surface area contributed by atoms with E-state index in [1.54, 1.807) is 35.5 Å². The van der Waals surface area contributed by atoms with Crippen molar-refractivity contribution >= 4 is 22.8 Å². The second-order valence-corrected chi connectivity index (χ2v) is 6.60. The van der Waals surface area contributed by atoms with E-state index >= 15 is 0 Å². The molecule has 1 atom stereocenters. The smallest absolute Gasteiger partial charge is 0.287 e. The van der Waals surface area contributed by atoms with Gasteiger partial charge in [-0.2, -0.15) is 0 Å². The number of fused-ring (bicyclic) bond motifs is 1. The summed E-state index contributed by atoms with van der Waals surface area (Å²) in [7, 11) is 0. The molecule has 1 aromatic carbocycles. The van der Waals surface area contributed by atoms with Crippen LogP contribution in [0.25, 0.3) is 11.0 Å². The number of hydrogen-bond acceptors (Lipinski definition) is 4. The van der Waals surface area contributed by atoms with E-state index in [4.69, 9.17) is 4.42 Å². The highest BCUT2D eigenvalue weighted by Crippen LogP contribution is 2.21. The maximum absolute atomic E-state index is 12.5. The lowest BCUT2D eigenvalue weighted by Gasteiger charge is -2.16. The van der Waals surface area contributed by atoms with Crippen LogP contribution in [-0.4, -0.2) is 40.8 Å². The molecule has 1 fully saturated rings. The first-order valence-corrected chi connectivity index (χ1v) is 8.60. The predicted octanol–water partition coefficient (Wildman–Crippen LogP) is 2.78. The number of likely N-dealkylation sites (tertiary alicyclic amines) is 1. The normalized spacial score (nSPS) is 16.8. The van der Waals surface area contributed by atoms with E-state index in [0.717, 1.165) is 17.4 Å². The molecule has 2 amide bonds. The molecule has 26 heavy (non-hydrogen) atoms. The molecule has 6 heteroatoms.